The number of hydrogen-bond acceptors (Lipinski definition) is 2. The molecular formula is C22H24FN3O. The fourth-order valence-corrected chi connectivity index (χ4v) is 3.89. The number of hydrogen-bond donors (Lipinski definition) is 1. The number of nitrogens with zero attached hydrogens (tertiary/aromatic N) is 2. The van der Waals surface area contributed by atoms with Gasteiger partial charge in [0.1, 0.15) is 11.5 Å². The van der Waals surface area contributed by atoms with Crippen molar-refractivity contribution in [1.29, 1.82) is 0 Å². The minimum Gasteiger partial charge on any atom is -0.353 e. The highest BCUT2D eigenvalue weighted by molar-refractivity contribution is 5.82. The first-order chi connectivity index (χ1) is 13.0. The first-order valence-corrected chi connectivity index (χ1v) is 9.55. The number of aromatic nitrogens is 2. The van der Waals surface area contributed by atoms with E-state index in [2.05, 4.69) is 5.32 Å². The van der Waals surface area contributed by atoms with Gasteiger partial charge in [-0.15, -0.1) is 0 Å². The molecule has 1 aliphatic rings. The lowest BCUT2D eigenvalue weighted by Crippen LogP contribution is -2.34. The smallest absolute Gasteiger partial charge is 0.226 e. The molecular weight excluding hydrogens is 341 g/mol. The summed E-state index contributed by atoms with van der Waals surface area (Å²) in [5, 5.41) is 3.16. The van der Waals surface area contributed by atoms with Crippen LogP contribution < -0.4 is 5.32 Å². The maximum Gasteiger partial charge on any atom is 0.226 e. The summed E-state index contributed by atoms with van der Waals surface area (Å²) >= 11 is 0. The van der Waals surface area contributed by atoms with Gasteiger partial charge < -0.3 is 9.72 Å². The van der Waals surface area contributed by atoms with Crippen molar-refractivity contribution in [3.05, 3.63) is 59.2 Å². The topological polar surface area (TPSA) is 46.4 Å². The van der Waals surface area contributed by atoms with Gasteiger partial charge in [0.05, 0.1) is 17.8 Å². The molecule has 0 atom stereocenters. The van der Waals surface area contributed by atoms with Gasteiger partial charge in [-0.25, -0.2) is 9.37 Å². The fraction of sp³-hybridized carbons (Fsp3) is 0.364. The molecule has 1 aromatic carbocycles. The van der Waals surface area contributed by atoms with Crippen LogP contribution in [0.2, 0.25) is 0 Å². The van der Waals surface area contributed by atoms with Crippen molar-refractivity contribution >= 4 is 11.6 Å². The zero-order valence-electron chi connectivity index (χ0n) is 15.8. The summed E-state index contributed by atoms with van der Waals surface area (Å²) in [6.45, 7) is 3.76. The average Bonchev–Trinajstić information content (AvgIpc) is 3.26. The Morgan fingerprint density at radius 1 is 1.22 bits per heavy atom. The molecule has 0 radical (unpaired) electrons. The second kappa shape index (κ2) is 7.14. The minimum absolute atomic E-state index is 0.0188. The number of nitrogens with one attached hydrogen (secondary N) is 1. The molecule has 0 saturated heterocycles. The lowest BCUT2D eigenvalue weighted by molar-refractivity contribution is -0.121. The Morgan fingerprint density at radius 2 is 2.00 bits per heavy atom. The number of imidazole rings is 1. The summed E-state index contributed by atoms with van der Waals surface area (Å²) in [6.07, 6.45) is 6.73. The van der Waals surface area contributed by atoms with Crippen LogP contribution in [0.15, 0.2) is 36.5 Å². The van der Waals surface area contributed by atoms with Crippen molar-refractivity contribution in [1.82, 2.24) is 14.7 Å². The number of fused-ring (bicyclic) bond motifs is 1. The fourth-order valence-electron chi connectivity index (χ4n) is 3.89. The number of carbonyl (C=O) groups excluding carboxylic acids is 1. The van der Waals surface area contributed by atoms with Crippen LogP contribution in [0.1, 0.15) is 42.5 Å². The lowest BCUT2D eigenvalue weighted by atomic mass is 10.1. The van der Waals surface area contributed by atoms with E-state index in [-0.39, 0.29) is 24.2 Å². The number of halogens is 1. The second-order valence-corrected chi connectivity index (χ2v) is 7.53. The van der Waals surface area contributed by atoms with E-state index < -0.39 is 0 Å². The minimum atomic E-state index is -0.237. The highest BCUT2D eigenvalue weighted by Gasteiger charge is 2.21. The van der Waals surface area contributed by atoms with E-state index in [1.165, 1.54) is 18.9 Å². The van der Waals surface area contributed by atoms with E-state index in [0.717, 1.165) is 41.0 Å². The molecule has 1 aliphatic carbocycles. The number of amides is 1. The van der Waals surface area contributed by atoms with Crippen LogP contribution >= 0.6 is 0 Å². The largest absolute Gasteiger partial charge is 0.353 e. The molecule has 0 bridgehead atoms. The SMILES string of the molecule is Cc1ccc2nc(-c3ccc(F)c(C)c3)c(CC(=O)NC3CCCC3)n2c1. The van der Waals surface area contributed by atoms with Crippen molar-refractivity contribution in [3.8, 4) is 11.3 Å². The van der Waals surface area contributed by atoms with Crippen molar-refractivity contribution in [3.63, 3.8) is 0 Å². The van der Waals surface area contributed by atoms with E-state index in [4.69, 9.17) is 4.98 Å². The molecule has 2 aromatic heterocycles. The molecule has 1 amide bonds. The van der Waals surface area contributed by atoms with Crippen molar-refractivity contribution in [2.24, 2.45) is 0 Å². The Hall–Kier alpha value is -2.69. The van der Waals surface area contributed by atoms with Crippen LogP contribution in [0, 0.1) is 19.7 Å². The summed E-state index contributed by atoms with van der Waals surface area (Å²) in [5.41, 5.74) is 4.88. The van der Waals surface area contributed by atoms with Gasteiger partial charge in [-0.05, 0) is 62.1 Å². The number of rotatable bonds is 4. The number of aryl methyl sites for hydroxylation is 2. The lowest BCUT2D eigenvalue weighted by Gasteiger charge is -2.13. The molecule has 5 heteroatoms. The third-order valence-corrected chi connectivity index (χ3v) is 5.35. The number of benzene rings is 1. The molecule has 27 heavy (non-hydrogen) atoms. The molecule has 4 nitrogen and oxygen atoms in total. The molecule has 0 spiro atoms. The summed E-state index contributed by atoms with van der Waals surface area (Å²) in [7, 11) is 0. The monoisotopic (exact) mass is 365 g/mol. The Morgan fingerprint density at radius 3 is 2.74 bits per heavy atom. The highest BCUT2D eigenvalue weighted by atomic mass is 19.1. The maximum atomic E-state index is 13.7. The normalized spacial score (nSPS) is 14.8. The summed E-state index contributed by atoms with van der Waals surface area (Å²) in [4.78, 5) is 17.4. The first-order valence-electron chi connectivity index (χ1n) is 9.55. The molecule has 1 fully saturated rings. The predicted octanol–water partition coefficient (Wildman–Crippen LogP) is 4.36. The van der Waals surface area contributed by atoms with Crippen LogP contribution in [-0.4, -0.2) is 21.3 Å². The quantitative estimate of drug-likeness (QED) is 0.747. The zero-order chi connectivity index (χ0) is 19.0. The average molecular weight is 365 g/mol. The van der Waals surface area contributed by atoms with Gasteiger partial charge in [0, 0.05) is 17.8 Å². The van der Waals surface area contributed by atoms with Crippen LogP contribution in [0.4, 0.5) is 4.39 Å². The highest BCUT2D eigenvalue weighted by Crippen LogP contribution is 2.27. The molecule has 3 aromatic rings. The van der Waals surface area contributed by atoms with Gasteiger partial charge in [0.2, 0.25) is 5.91 Å². The van der Waals surface area contributed by atoms with Crippen molar-refractivity contribution in [2.75, 3.05) is 0 Å². The van der Waals surface area contributed by atoms with Crippen LogP contribution in [0.25, 0.3) is 16.9 Å². The Labute approximate surface area is 158 Å². The summed E-state index contributed by atoms with van der Waals surface area (Å²) < 4.78 is 15.7. The number of carbonyl (C=O) groups is 1. The molecule has 2 heterocycles. The van der Waals surface area contributed by atoms with Gasteiger partial charge in [0.15, 0.2) is 0 Å². The third kappa shape index (κ3) is 3.59. The van der Waals surface area contributed by atoms with Gasteiger partial charge in [0.25, 0.3) is 0 Å². The molecule has 1 N–H and O–H groups in total. The Kier molecular flexibility index (Phi) is 4.68. The van der Waals surface area contributed by atoms with Gasteiger partial charge in [-0.1, -0.05) is 18.9 Å². The second-order valence-electron chi connectivity index (χ2n) is 7.53. The van der Waals surface area contributed by atoms with Crippen molar-refractivity contribution in [2.45, 2.75) is 52.0 Å². The van der Waals surface area contributed by atoms with Crippen LogP contribution in [0.3, 0.4) is 0 Å². The third-order valence-electron chi connectivity index (χ3n) is 5.35. The molecule has 140 valence electrons. The van der Waals surface area contributed by atoms with Gasteiger partial charge in [-0.3, -0.25) is 4.79 Å². The van der Waals surface area contributed by atoms with Gasteiger partial charge >= 0.3 is 0 Å². The van der Waals surface area contributed by atoms with E-state index >= 15 is 0 Å². The van der Waals surface area contributed by atoms with E-state index in [1.807, 2.05) is 29.7 Å². The molecule has 0 unspecified atom stereocenters. The summed E-state index contributed by atoms with van der Waals surface area (Å²) in [5.74, 6) is -0.218. The molecule has 1 saturated carbocycles. The van der Waals surface area contributed by atoms with Crippen molar-refractivity contribution < 1.29 is 9.18 Å². The predicted molar refractivity (Wildman–Crippen MR) is 104 cm³/mol. The van der Waals surface area contributed by atoms with Gasteiger partial charge in [-0.2, -0.15) is 0 Å². The molecule has 0 aliphatic heterocycles. The van der Waals surface area contributed by atoms with E-state index in [9.17, 15) is 9.18 Å². The zero-order valence-corrected chi connectivity index (χ0v) is 15.8. The maximum absolute atomic E-state index is 13.7. The van der Waals surface area contributed by atoms with Crippen LogP contribution in [0.5, 0.6) is 0 Å². The van der Waals surface area contributed by atoms with E-state index in [1.54, 1.807) is 19.1 Å². The number of pyridine rings is 1. The standard InChI is InChI=1S/C22H24FN3O/c1-14-7-10-20-25-22(16-8-9-18(23)15(2)11-16)19(26(20)13-14)12-21(27)24-17-5-3-4-6-17/h7-11,13,17H,3-6,12H2,1-2H3,(H,24,27). The Bertz CT molecular complexity index is 1000. The summed E-state index contributed by atoms with van der Waals surface area (Å²) in [6, 6.07) is 9.23. The van der Waals surface area contributed by atoms with Crippen LogP contribution in [-0.2, 0) is 11.2 Å². The first kappa shape index (κ1) is 17.7. The molecule has 4 rings (SSSR count). The van der Waals surface area contributed by atoms with E-state index in [0.29, 0.717) is 5.56 Å². The Balaban J connectivity index is 1.74.